The summed E-state index contributed by atoms with van der Waals surface area (Å²) in [6, 6.07) is 8.20. The van der Waals surface area contributed by atoms with Gasteiger partial charge >= 0.3 is 0 Å². The minimum atomic E-state index is -0.171. The third kappa shape index (κ3) is 2.37. The van der Waals surface area contributed by atoms with Crippen LogP contribution >= 0.6 is 0 Å². The summed E-state index contributed by atoms with van der Waals surface area (Å²) in [6.45, 7) is 2.16. The highest BCUT2D eigenvalue weighted by molar-refractivity contribution is 5.58. The number of aromatic nitrogens is 2. The van der Waals surface area contributed by atoms with Gasteiger partial charge in [0.2, 0.25) is 0 Å². The molecule has 0 saturated heterocycles. The van der Waals surface area contributed by atoms with Crippen LogP contribution in [-0.2, 0) is 6.42 Å². The van der Waals surface area contributed by atoms with Gasteiger partial charge in [-0.2, -0.15) is 0 Å². The van der Waals surface area contributed by atoms with Gasteiger partial charge in [0.15, 0.2) is 0 Å². The molecular weight excluding hydrogens is 200 g/mol. The predicted octanol–water partition coefficient (Wildman–Crippen LogP) is 2.39. The van der Waals surface area contributed by atoms with E-state index in [0.29, 0.717) is 0 Å². The van der Waals surface area contributed by atoms with Gasteiger partial charge in [0, 0.05) is 0 Å². The number of benzene rings is 1. The van der Waals surface area contributed by atoms with E-state index in [2.05, 4.69) is 29.0 Å². The van der Waals surface area contributed by atoms with E-state index in [4.69, 9.17) is 0 Å². The smallest absolute Gasteiger partial charge is 0.266 e. The molecule has 0 aliphatic carbocycles. The quantitative estimate of drug-likeness (QED) is 0.852. The maximum absolute atomic E-state index is 11.1. The highest BCUT2D eigenvalue weighted by Crippen LogP contribution is 2.15. The Morgan fingerprint density at radius 3 is 2.56 bits per heavy atom. The molecule has 0 fully saturated rings. The van der Waals surface area contributed by atoms with Gasteiger partial charge in [-0.05, 0) is 17.5 Å². The van der Waals surface area contributed by atoms with E-state index in [1.165, 1.54) is 11.8 Å². The third-order valence-corrected chi connectivity index (χ3v) is 2.46. The zero-order valence-electron chi connectivity index (χ0n) is 9.23. The van der Waals surface area contributed by atoms with Crippen LogP contribution in [0.25, 0.3) is 11.3 Å². The highest BCUT2D eigenvalue weighted by atomic mass is 16.1. The van der Waals surface area contributed by atoms with Crippen molar-refractivity contribution in [3.63, 3.8) is 0 Å². The largest absolute Gasteiger partial charge is 0.319 e. The summed E-state index contributed by atoms with van der Waals surface area (Å²) in [7, 11) is 0. The number of hydrogen-bond acceptors (Lipinski definition) is 2. The van der Waals surface area contributed by atoms with Crippen LogP contribution in [0.1, 0.15) is 18.9 Å². The molecule has 1 N–H and O–H groups in total. The van der Waals surface area contributed by atoms with Crippen LogP contribution in [0.15, 0.2) is 41.5 Å². The fourth-order valence-corrected chi connectivity index (χ4v) is 1.66. The maximum Gasteiger partial charge on any atom is 0.266 e. The lowest BCUT2D eigenvalue weighted by molar-refractivity contribution is 0.922. The van der Waals surface area contributed by atoms with Crippen molar-refractivity contribution >= 4 is 0 Å². The molecule has 1 aromatic carbocycles. The van der Waals surface area contributed by atoms with Gasteiger partial charge in [-0.1, -0.05) is 37.6 Å². The molecule has 2 rings (SSSR count). The van der Waals surface area contributed by atoms with Gasteiger partial charge in [0.05, 0.1) is 18.1 Å². The molecule has 0 saturated carbocycles. The number of aromatic amines is 1. The average Bonchev–Trinajstić information content (AvgIpc) is 2.30. The van der Waals surface area contributed by atoms with Crippen molar-refractivity contribution < 1.29 is 0 Å². The molecule has 0 radical (unpaired) electrons. The topological polar surface area (TPSA) is 45.8 Å². The average molecular weight is 214 g/mol. The summed E-state index contributed by atoms with van der Waals surface area (Å²) < 4.78 is 0. The molecule has 82 valence electrons. The molecule has 0 spiro atoms. The summed E-state index contributed by atoms with van der Waals surface area (Å²) in [4.78, 5) is 17.7. The number of rotatable bonds is 3. The van der Waals surface area contributed by atoms with Crippen LogP contribution < -0.4 is 5.56 Å². The van der Waals surface area contributed by atoms with E-state index in [9.17, 15) is 4.79 Å². The molecule has 0 bridgehead atoms. The van der Waals surface area contributed by atoms with E-state index in [-0.39, 0.29) is 5.56 Å². The SMILES string of the molecule is CCCc1ccc(-c2cncc(=O)[nH]2)cc1. The fraction of sp³-hybridized carbons (Fsp3) is 0.231. The Balaban J connectivity index is 2.31. The highest BCUT2D eigenvalue weighted by Gasteiger charge is 1.98. The molecule has 1 heterocycles. The number of hydrogen-bond donors (Lipinski definition) is 1. The van der Waals surface area contributed by atoms with Crippen LogP contribution in [-0.4, -0.2) is 9.97 Å². The first kappa shape index (κ1) is 10.6. The van der Waals surface area contributed by atoms with Crippen molar-refractivity contribution in [3.05, 3.63) is 52.6 Å². The Labute approximate surface area is 94.2 Å². The Morgan fingerprint density at radius 2 is 1.94 bits per heavy atom. The Bertz CT molecular complexity index is 514. The van der Waals surface area contributed by atoms with E-state index in [0.717, 1.165) is 24.1 Å². The van der Waals surface area contributed by atoms with Crippen molar-refractivity contribution in [3.8, 4) is 11.3 Å². The van der Waals surface area contributed by atoms with Gasteiger partial charge in [0.25, 0.3) is 5.56 Å². The first-order valence-electron chi connectivity index (χ1n) is 5.43. The molecule has 0 atom stereocenters. The predicted molar refractivity (Wildman–Crippen MR) is 64.3 cm³/mol. The summed E-state index contributed by atoms with van der Waals surface area (Å²) in [6.07, 6.45) is 5.16. The molecule has 3 heteroatoms. The lowest BCUT2D eigenvalue weighted by atomic mass is 10.1. The zero-order valence-corrected chi connectivity index (χ0v) is 9.23. The second-order valence-corrected chi connectivity index (χ2v) is 3.76. The van der Waals surface area contributed by atoms with E-state index >= 15 is 0 Å². The Morgan fingerprint density at radius 1 is 1.19 bits per heavy atom. The van der Waals surface area contributed by atoms with Crippen LogP contribution in [0.3, 0.4) is 0 Å². The molecule has 0 unspecified atom stereocenters. The second kappa shape index (κ2) is 4.75. The van der Waals surface area contributed by atoms with Crippen molar-refractivity contribution in [1.82, 2.24) is 9.97 Å². The van der Waals surface area contributed by atoms with Crippen molar-refractivity contribution in [2.45, 2.75) is 19.8 Å². The second-order valence-electron chi connectivity index (χ2n) is 3.76. The van der Waals surface area contributed by atoms with Gasteiger partial charge in [0.1, 0.15) is 0 Å². The first-order valence-corrected chi connectivity index (χ1v) is 5.43. The van der Waals surface area contributed by atoms with Gasteiger partial charge in [-0.25, -0.2) is 0 Å². The van der Waals surface area contributed by atoms with Crippen LogP contribution in [0.5, 0.6) is 0 Å². The molecule has 0 aliphatic heterocycles. The molecule has 1 aromatic heterocycles. The van der Waals surface area contributed by atoms with Crippen LogP contribution in [0.4, 0.5) is 0 Å². The minimum absolute atomic E-state index is 0.171. The summed E-state index contributed by atoms with van der Waals surface area (Å²) >= 11 is 0. The van der Waals surface area contributed by atoms with Crippen molar-refractivity contribution in [2.75, 3.05) is 0 Å². The molecule has 0 amide bonds. The number of aryl methyl sites for hydroxylation is 1. The van der Waals surface area contributed by atoms with Gasteiger partial charge in [-0.3, -0.25) is 9.78 Å². The number of nitrogens with zero attached hydrogens (tertiary/aromatic N) is 1. The van der Waals surface area contributed by atoms with E-state index < -0.39 is 0 Å². The zero-order chi connectivity index (χ0) is 11.4. The molecule has 0 aliphatic rings. The molecule has 16 heavy (non-hydrogen) atoms. The normalized spacial score (nSPS) is 10.3. The lowest BCUT2D eigenvalue weighted by Gasteiger charge is -2.02. The summed E-state index contributed by atoms with van der Waals surface area (Å²) in [5.41, 5.74) is 2.90. The first-order chi connectivity index (χ1) is 7.79. The van der Waals surface area contributed by atoms with Crippen LogP contribution in [0, 0.1) is 0 Å². The lowest BCUT2D eigenvalue weighted by Crippen LogP contribution is -2.05. The van der Waals surface area contributed by atoms with Crippen molar-refractivity contribution in [2.24, 2.45) is 0 Å². The van der Waals surface area contributed by atoms with Crippen molar-refractivity contribution in [1.29, 1.82) is 0 Å². The third-order valence-electron chi connectivity index (χ3n) is 2.46. The number of H-pyrrole nitrogens is 1. The van der Waals surface area contributed by atoms with Gasteiger partial charge < -0.3 is 4.98 Å². The molecule has 2 aromatic rings. The van der Waals surface area contributed by atoms with E-state index in [1.807, 2.05) is 12.1 Å². The minimum Gasteiger partial charge on any atom is -0.319 e. The van der Waals surface area contributed by atoms with Gasteiger partial charge in [-0.15, -0.1) is 0 Å². The van der Waals surface area contributed by atoms with Crippen LogP contribution in [0.2, 0.25) is 0 Å². The molecule has 3 nitrogen and oxygen atoms in total. The molecular formula is C13H14N2O. The summed E-state index contributed by atoms with van der Waals surface area (Å²) in [5.74, 6) is 0. The Hall–Kier alpha value is -1.90. The number of nitrogens with one attached hydrogen (secondary N) is 1. The monoisotopic (exact) mass is 214 g/mol. The van der Waals surface area contributed by atoms with E-state index in [1.54, 1.807) is 6.20 Å². The fourth-order valence-electron chi connectivity index (χ4n) is 1.66. The Kier molecular flexibility index (Phi) is 3.15. The standard InChI is InChI=1S/C13H14N2O/c1-2-3-10-4-6-11(7-5-10)12-8-14-9-13(16)15-12/h4-9H,2-3H2,1H3,(H,15,16). The maximum atomic E-state index is 11.1. The summed E-state index contributed by atoms with van der Waals surface area (Å²) in [5, 5.41) is 0.